The molecule has 0 fully saturated rings. The van der Waals surface area contributed by atoms with Crippen LogP contribution in [0, 0.1) is 6.57 Å². The van der Waals surface area contributed by atoms with E-state index in [1.54, 1.807) is 76.2 Å². The van der Waals surface area contributed by atoms with Crippen molar-refractivity contribution in [3.05, 3.63) is 95.0 Å². The molecule has 1 amide bonds. The van der Waals surface area contributed by atoms with Gasteiger partial charge in [-0.05, 0) is 50.1 Å². The summed E-state index contributed by atoms with van der Waals surface area (Å²) < 4.78 is 111. The Hall–Kier alpha value is -3.67. The maximum absolute atomic E-state index is 13.0. The van der Waals surface area contributed by atoms with Crippen LogP contribution in [0.3, 0.4) is 0 Å². The minimum Gasteiger partial charge on any atom is -0.748 e. The van der Waals surface area contributed by atoms with E-state index in [1.165, 1.54) is 18.3 Å². The van der Waals surface area contributed by atoms with E-state index in [1.807, 2.05) is 4.57 Å². The van der Waals surface area contributed by atoms with Crippen LogP contribution in [0.2, 0.25) is 5.02 Å². The molecule has 20 heteroatoms. The molecule has 272 valence electrons. The fourth-order valence-corrected chi connectivity index (χ4v) is 6.61. The number of allylic oxidation sites excluding steroid dienone is 4. The van der Waals surface area contributed by atoms with Gasteiger partial charge in [0.1, 0.15) is 5.82 Å². The normalized spacial score (nSPS) is 14.5. The Balaban J connectivity index is 0.00000729. The zero-order valence-electron chi connectivity index (χ0n) is 28.1. The number of hydrogen-bond donors (Lipinski definition) is 1. The average molecular weight is 791 g/mol. The molecule has 3 aromatic rings. The Labute approximate surface area is 325 Å². The van der Waals surface area contributed by atoms with Gasteiger partial charge in [-0.15, -0.1) is 0 Å². The third kappa shape index (κ3) is 10.5. The van der Waals surface area contributed by atoms with Gasteiger partial charge in [0.15, 0.2) is 16.7 Å². The summed E-state index contributed by atoms with van der Waals surface area (Å²) in [5.74, 6) is -2.54. The van der Waals surface area contributed by atoms with E-state index in [9.17, 15) is 43.9 Å². The summed E-state index contributed by atoms with van der Waals surface area (Å²) in [7, 11) is -7.25. The van der Waals surface area contributed by atoms with Gasteiger partial charge in [-0.2, -0.15) is 13.2 Å². The van der Waals surface area contributed by atoms with Crippen molar-refractivity contribution in [2.75, 3.05) is 33.2 Å². The van der Waals surface area contributed by atoms with Crippen molar-refractivity contribution in [3.8, 4) is 0 Å². The number of amides is 1. The molecule has 1 N–H and O–H groups in total. The zero-order chi connectivity index (χ0) is 37.9. The van der Waals surface area contributed by atoms with E-state index >= 15 is 0 Å². The van der Waals surface area contributed by atoms with Crippen molar-refractivity contribution < 1.29 is 78.0 Å². The third-order valence-electron chi connectivity index (χ3n) is 7.73. The minimum absolute atomic E-state index is 0. The van der Waals surface area contributed by atoms with Crippen LogP contribution >= 0.6 is 11.6 Å². The predicted molar refractivity (Wildman–Crippen MR) is 185 cm³/mol. The number of nitrogens with one attached hydrogen (secondary N) is 1. The average Bonchev–Trinajstić information content (AvgIpc) is 3.46. The number of rotatable bonds is 13. The predicted octanol–water partition coefficient (Wildman–Crippen LogP) is 2.32. The number of imidazole rings is 1. The molecule has 0 saturated heterocycles. The molecule has 2 heterocycles. The van der Waals surface area contributed by atoms with Crippen LogP contribution in [-0.2, 0) is 38.6 Å². The van der Waals surface area contributed by atoms with Crippen LogP contribution in [0.15, 0.2) is 72.7 Å². The van der Waals surface area contributed by atoms with Gasteiger partial charge in [0.05, 0.1) is 62.5 Å². The van der Waals surface area contributed by atoms with Crippen LogP contribution in [0.25, 0.3) is 22.0 Å². The maximum Gasteiger partial charge on any atom is 1.00 e. The molecule has 13 nitrogen and oxygen atoms in total. The molecule has 4 rings (SSSR count). The number of aromatic nitrogens is 2. The van der Waals surface area contributed by atoms with E-state index in [2.05, 4.69) is 11.4 Å². The fraction of sp³-hybridized carbons (Fsp3) is 0.281. The molecular weight excluding hydrogens is 760 g/mol. The van der Waals surface area contributed by atoms with E-state index in [-0.39, 0.29) is 71.9 Å². The number of carbonyl (C=O) groups excluding carboxylic acids is 1. The summed E-state index contributed by atoms with van der Waals surface area (Å²) in [6, 6.07) is 7.59. The molecule has 0 aliphatic carbocycles. The second kappa shape index (κ2) is 17.0. The van der Waals surface area contributed by atoms with Gasteiger partial charge >= 0.3 is 41.6 Å². The number of halogens is 4. The number of fused-ring (bicyclic) bond motifs is 2. The van der Waals surface area contributed by atoms with Crippen LogP contribution in [-0.4, -0.2) is 60.6 Å². The first-order valence-corrected chi connectivity index (χ1v) is 18.5. The topological polar surface area (TPSA) is 163 Å². The number of hydrogen-bond acceptors (Lipinski definition) is 9. The van der Waals surface area contributed by atoms with Crippen molar-refractivity contribution in [2.45, 2.75) is 32.5 Å². The van der Waals surface area contributed by atoms with E-state index in [0.717, 1.165) is 5.52 Å². The summed E-state index contributed by atoms with van der Waals surface area (Å²) in [5.41, 5.74) is 2.70. The molecule has 0 atom stereocenters. The van der Waals surface area contributed by atoms with Gasteiger partial charge in [0.2, 0.25) is 0 Å². The summed E-state index contributed by atoms with van der Waals surface area (Å²) in [4.78, 5) is 18.2. The molecule has 1 aromatic heterocycles. The van der Waals surface area contributed by atoms with E-state index in [4.69, 9.17) is 18.2 Å². The number of carbonyl (C=O) groups is 1. The van der Waals surface area contributed by atoms with Crippen molar-refractivity contribution in [2.24, 2.45) is 7.05 Å². The Morgan fingerprint density at radius 1 is 1.08 bits per heavy atom. The number of aryl methyl sites for hydroxylation is 2. The minimum atomic E-state index is -5.19. The Morgan fingerprint density at radius 2 is 1.71 bits per heavy atom. The van der Waals surface area contributed by atoms with Gasteiger partial charge < -0.3 is 24.2 Å². The second-order valence-electron chi connectivity index (χ2n) is 11.3. The fourth-order valence-electron chi connectivity index (χ4n) is 5.44. The number of alkyl halides is 3. The molecule has 0 unspecified atom stereocenters. The molecular formula is C32H31ClF3N6NaO7S2. The summed E-state index contributed by atoms with van der Waals surface area (Å²) in [6.45, 7) is 13.1. The monoisotopic (exact) mass is 790 g/mol. The number of benzene rings is 2. The first kappa shape index (κ1) is 42.7. The number of anilines is 3. The Bertz CT molecular complexity index is 2250. The van der Waals surface area contributed by atoms with Gasteiger partial charge in [-0.25, -0.2) is 30.8 Å². The second-order valence-corrected chi connectivity index (χ2v) is 14.8. The van der Waals surface area contributed by atoms with E-state index < -0.39 is 43.8 Å². The van der Waals surface area contributed by atoms with Crippen LogP contribution in [0.4, 0.5) is 35.9 Å². The van der Waals surface area contributed by atoms with Gasteiger partial charge in [-0.1, -0.05) is 42.0 Å². The van der Waals surface area contributed by atoms with Crippen LogP contribution < -0.4 is 49.2 Å². The van der Waals surface area contributed by atoms with Gasteiger partial charge in [0.25, 0.3) is 5.82 Å². The Morgan fingerprint density at radius 3 is 2.29 bits per heavy atom. The van der Waals surface area contributed by atoms with Crippen molar-refractivity contribution >= 4 is 77.6 Å². The molecule has 0 radical (unpaired) electrons. The van der Waals surface area contributed by atoms with Crippen molar-refractivity contribution in [1.29, 1.82) is 0 Å². The standard InChI is InChI=1S/C32H32ClF3N6O7S2.Na/c1-5-40-27-19-23(33)24(38-31(43)32(34,35)36)20-28(27)42(15-7-17-51(47,48)49)30(40)13-9-21(2)8-12-29-39(4)25-11-10-22(37-3)18-26(25)41(29)14-6-16-50(44,45)46;/h5,8-13,18-20H,1,6-7,14-17H2,2,4H3,(H2-,38,43,44,45,46,47,48,49);/q;+1/p-1. The maximum atomic E-state index is 13.0. The summed E-state index contributed by atoms with van der Waals surface area (Å²) in [6.07, 6.45) is 2.92. The molecule has 0 saturated carbocycles. The van der Waals surface area contributed by atoms with Crippen LogP contribution in [0.5, 0.6) is 0 Å². The molecule has 1 aliphatic rings. The quantitative estimate of drug-likeness (QED) is 0.0901. The Kier molecular flexibility index (Phi) is 14.0. The first-order valence-electron chi connectivity index (χ1n) is 15.0. The molecule has 52 heavy (non-hydrogen) atoms. The first-order chi connectivity index (χ1) is 23.7. The van der Waals surface area contributed by atoms with Crippen molar-refractivity contribution in [3.63, 3.8) is 0 Å². The van der Waals surface area contributed by atoms with E-state index in [0.29, 0.717) is 34.1 Å². The molecule has 1 aliphatic heterocycles. The molecule has 0 spiro atoms. The van der Waals surface area contributed by atoms with Crippen molar-refractivity contribution in [1.82, 2.24) is 4.57 Å². The smallest absolute Gasteiger partial charge is 0.748 e. The van der Waals surface area contributed by atoms with Gasteiger partial charge in [-0.3, -0.25) is 4.79 Å². The van der Waals surface area contributed by atoms with Crippen LogP contribution in [0.1, 0.15) is 25.6 Å². The largest absolute Gasteiger partial charge is 1.00 e. The number of nitrogens with zero attached hydrogens (tertiary/aromatic N) is 5. The SMILES string of the molecule is [C-]#[N+]c1ccc2c(c1)n(CCCS(=O)(=O)[O-])c(/C=C/C(C)=C\C=C1/N(C=C)c3cc(Cl)c(NC(=O)C(F)(F)F)cc3N1CCCS(=O)(=O)[O-])[n+]2C.[Na+]. The zero-order valence-corrected chi connectivity index (χ0v) is 32.5. The third-order valence-corrected chi connectivity index (χ3v) is 9.62. The van der Waals surface area contributed by atoms with Gasteiger partial charge in [0, 0.05) is 30.3 Å². The molecule has 2 aromatic carbocycles. The summed E-state index contributed by atoms with van der Waals surface area (Å²) in [5, 5.41) is 1.53. The summed E-state index contributed by atoms with van der Waals surface area (Å²) >= 11 is 6.25. The molecule has 0 bridgehead atoms.